The molecule has 17 heavy (non-hydrogen) atoms. The van der Waals surface area contributed by atoms with E-state index in [2.05, 4.69) is 13.8 Å². The molecule has 0 bridgehead atoms. The van der Waals surface area contributed by atoms with Crippen molar-refractivity contribution >= 4 is 0 Å². The number of allylic oxidation sites excluding steroid dienone is 1. The molecule has 0 amide bonds. The van der Waals surface area contributed by atoms with Crippen molar-refractivity contribution in [2.24, 2.45) is 5.41 Å². The standard InChI is InChI=1S/C15H26O2/c1-5-6-7-8-9-15(4)12(3)14(17)11(2)10-13(15)16/h10,13,16-17H,5-9H2,1-4H3. The van der Waals surface area contributed by atoms with Gasteiger partial charge in [0.1, 0.15) is 5.76 Å². The van der Waals surface area contributed by atoms with Gasteiger partial charge in [0, 0.05) is 5.41 Å². The van der Waals surface area contributed by atoms with E-state index in [9.17, 15) is 10.2 Å². The molecule has 2 unspecified atom stereocenters. The van der Waals surface area contributed by atoms with Gasteiger partial charge in [-0.15, -0.1) is 0 Å². The van der Waals surface area contributed by atoms with Crippen LogP contribution in [-0.4, -0.2) is 16.3 Å². The molecular formula is C15H26O2. The Balaban J connectivity index is 2.74. The molecular weight excluding hydrogens is 212 g/mol. The normalized spacial score (nSPS) is 29.5. The molecule has 1 aliphatic carbocycles. The van der Waals surface area contributed by atoms with Crippen molar-refractivity contribution in [2.45, 2.75) is 65.9 Å². The van der Waals surface area contributed by atoms with Crippen molar-refractivity contribution < 1.29 is 10.2 Å². The van der Waals surface area contributed by atoms with Crippen LogP contribution in [0.15, 0.2) is 23.0 Å². The molecule has 2 nitrogen and oxygen atoms in total. The molecule has 2 atom stereocenters. The van der Waals surface area contributed by atoms with E-state index in [0.717, 1.165) is 24.0 Å². The highest BCUT2D eigenvalue weighted by Gasteiger charge is 2.38. The molecule has 0 heterocycles. The Kier molecular flexibility index (Phi) is 4.81. The van der Waals surface area contributed by atoms with Gasteiger partial charge in [0.2, 0.25) is 0 Å². The first-order valence-electron chi connectivity index (χ1n) is 6.70. The summed E-state index contributed by atoms with van der Waals surface area (Å²) in [5, 5.41) is 20.2. The Labute approximate surface area is 105 Å². The van der Waals surface area contributed by atoms with Crippen LogP contribution < -0.4 is 0 Å². The predicted molar refractivity (Wildman–Crippen MR) is 72.0 cm³/mol. The summed E-state index contributed by atoms with van der Waals surface area (Å²) >= 11 is 0. The van der Waals surface area contributed by atoms with Crippen LogP contribution in [0.5, 0.6) is 0 Å². The minimum atomic E-state index is -0.472. The van der Waals surface area contributed by atoms with E-state index in [-0.39, 0.29) is 5.41 Å². The van der Waals surface area contributed by atoms with Gasteiger partial charge >= 0.3 is 0 Å². The van der Waals surface area contributed by atoms with Gasteiger partial charge in [0.05, 0.1) is 6.10 Å². The highest BCUT2D eigenvalue weighted by molar-refractivity contribution is 5.37. The van der Waals surface area contributed by atoms with Gasteiger partial charge in [0.25, 0.3) is 0 Å². The van der Waals surface area contributed by atoms with Crippen LogP contribution in [0.2, 0.25) is 0 Å². The van der Waals surface area contributed by atoms with Crippen molar-refractivity contribution in [1.29, 1.82) is 0 Å². The average molecular weight is 238 g/mol. The van der Waals surface area contributed by atoms with Crippen molar-refractivity contribution in [2.75, 3.05) is 0 Å². The number of rotatable bonds is 5. The van der Waals surface area contributed by atoms with Gasteiger partial charge < -0.3 is 10.2 Å². The van der Waals surface area contributed by atoms with Gasteiger partial charge in [0.15, 0.2) is 0 Å². The van der Waals surface area contributed by atoms with Gasteiger partial charge in [-0.1, -0.05) is 39.5 Å². The zero-order chi connectivity index (χ0) is 13.1. The van der Waals surface area contributed by atoms with Crippen molar-refractivity contribution in [1.82, 2.24) is 0 Å². The summed E-state index contributed by atoms with van der Waals surface area (Å²) in [4.78, 5) is 0. The number of unbranched alkanes of at least 4 members (excludes halogenated alkanes) is 3. The Morgan fingerprint density at radius 1 is 1.24 bits per heavy atom. The van der Waals surface area contributed by atoms with Crippen molar-refractivity contribution in [3.8, 4) is 0 Å². The lowest BCUT2D eigenvalue weighted by Crippen LogP contribution is -2.35. The Hall–Kier alpha value is -0.760. The average Bonchev–Trinajstić information content (AvgIpc) is 2.30. The highest BCUT2D eigenvalue weighted by atomic mass is 16.3. The second-order valence-corrected chi connectivity index (χ2v) is 5.50. The lowest BCUT2D eigenvalue weighted by Gasteiger charge is -2.38. The summed E-state index contributed by atoms with van der Waals surface area (Å²) in [5.74, 6) is 0.369. The third kappa shape index (κ3) is 2.92. The maximum absolute atomic E-state index is 10.2. The molecule has 0 aromatic heterocycles. The third-order valence-electron chi connectivity index (χ3n) is 4.20. The summed E-state index contributed by atoms with van der Waals surface area (Å²) in [6.07, 6.45) is 7.03. The van der Waals surface area contributed by atoms with E-state index in [1.807, 2.05) is 13.8 Å². The first-order chi connectivity index (χ1) is 7.93. The Morgan fingerprint density at radius 2 is 1.88 bits per heavy atom. The Morgan fingerprint density at radius 3 is 2.47 bits per heavy atom. The van der Waals surface area contributed by atoms with Gasteiger partial charge in [-0.25, -0.2) is 0 Å². The first-order valence-corrected chi connectivity index (χ1v) is 6.70. The molecule has 0 saturated carbocycles. The zero-order valence-electron chi connectivity index (χ0n) is 11.6. The topological polar surface area (TPSA) is 40.5 Å². The molecule has 0 aliphatic heterocycles. The first kappa shape index (κ1) is 14.3. The van der Waals surface area contributed by atoms with Gasteiger partial charge in [-0.3, -0.25) is 0 Å². The number of hydrogen-bond donors (Lipinski definition) is 2. The van der Waals surface area contributed by atoms with Crippen LogP contribution in [0, 0.1) is 5.41 Å². The molecule has 0 aromatic rings. The van der Waals surface area contributed by atoms with E-state index < -0.39 is 6.10 Å². The molecule has 2 N–H and O–H groups in total. The molecule has 1 aliphatic rings. The number of aliphatic hydroxyl groups excluding tert-OH is 2. The smallest absolute Gasteiger partial charge is 0.117 e. The molecule has 0 fully saturated rings. The summed E-state index contributed by atoms with van der Waals surface area (Å²) in [6, 6.07) is 0. The summed E-state index contributed by atoms with van der Waals surface area (Å²) in [5.41, 5.74) is 1.43. The van der Waals surface area contributed by atoms with Gasteiger partial charge in [-0.05, 0) is 37.5 Å². The lowest BCUT2D eigenvalue weighted by molar-refractivity contribution is 0.0856. The molecule has 1 rings (SSSR count). The van der Waals surface area contributed by atoms with Crippen LogP contribution in [0.4, 0.5) is 0 Å². The third-order valence-corrected chi connectivity index (χ3v) is 4.20. The van der Waals surface area contributed by atoms with E-state index in [1.54, 1.807) is 6.08 Å². The SMILES string of the molecule is CCCCCCC1(C)C(C)=C(O)C(C)=CC1O. The molecule has 0 aromatic carbocycles. The van der Waals surface area contributed by atoms with Crippen LogP contribution in [0.1, 0.15) is 59.8 Å². The lowest BCUT2D eigenvalue weighted by atomic mass is 9.70. The second-order valence-electron chi connectivity index (χ2n) is 5.50. The Bertz CT molecular complexity index is 328. The van der Waals surface area contributed by atoms with Crippen LogP contribution in [-0.2, 0) is 0 Å². The molecule has 0 saturated heterocycles. The number of aliphatic hydroxyl groups is 2. The molecule has 0 radical (unpaired) electrons. The quantitative estimate of drug-likeness (QED) is 0.707. The summed E-state index contributed by atoms with van der Waals surface area (Å²) in [6.45, 7) is 8.03. The molecule has 98 valence electrons. The molecule has 2 heteroatoms. The molecule has 0 spiro atoms. The summed E-state index contributed by atoms with van der Waals surface area (Å²) in [7, 11) is 0. The maximum Gasteiger partial charge on any atom is 0.117 e. The van der Waals surface area contributed by atoms with Crippen LogP contribution in [0.25, 0.3) is 0 Å². The maximum atomic E-state index is 10.2. The van der Waals surface area contributed by atoms with Crippen LogP contribution >= 0.6 is 0 Å². The van der Waals surface area contributed by atoms with Gasteiger partial charge in [-0.2, -0.15) is 0 Å². The van der Waals surface area contributed by atoms with E-state index in [1.165, 1.54) is 19.3 Å². The van der Waals surface area contributed by atoms with E-state index in [4.69, 9.17) is 0 Å². The fourth-order valence-corrected chi connectivity index (χ4v) is 2.54. The van der Waals surface area contributed by atoms with E-state index in [0.29, 0.717) is 5.76 Å². The predicted octanol–water partition coefficient (Wildman–Crippen LogP) is 4.12. The second kappa shape index (κ2) is 5.72. The fourth-order valence-electron chi connectivity index (χ4n) is 2.54. The summed E-state index contributed by atoms with van der Waals surface area (Å²) < 4.78 is 0. The minimum absolute atomic E-state index is 0.294. The van der Waals surface area contributed by atoms with Crippen LogP contribution in [0.3, 0.4) is 0 Å². The van der Waals surface area contributed by atoms with Crippen molar-refractivity contribution in [3.05, 3.63) is 23.0 Å². The van der Waals surface area contributed by atoms with E-state index >= 15 is 0 Å². The fraction of sp³-hybridized carbons (Fsp3) is 0.733. The van der Waals surface area contributed by atoms with Crippen molar-refractivity contribution in [3.63, 3.8) is 0 Å². The monoisotopic (exact) mass is 238 g/mol. The largest absolute Gasteiger partial charge is 0.508 e. The minimum Gasteiger partial charge on any atom is -0.508 e. The number of hydrogen-bond acceptors (Lipinski definition) is 2. The highest BCUT2D eigenvalue weighted by Crippen LogP contribution is 2.42. The zero-order valence-corrected chi connectivity index (χ0v) is 11.6.